The van der Waals surface area contributed by atoms with Crippen LogP contribution in [0.15, 0.2) is 12.1 Å². The number of aliphatic carboxylic acids is 1. The third-order valence-electron chi connectivity index (χ3n) is 3.38. The molecule has 1 unspecified atom stereocenters. The number of nitrogens with zero attached hydrogens (tertiary/aromatic N) is 1. The quantitative estimate of drug-likeness (QED) is 0.655. The van der Waals surface area contributed by atoms with E-state index in [0.717, 1.165) is 0 Å². The Balaban J connectivity index is 3.13. The molecule has 0 radical (unpaired) electrons. The summed E-state index contributed by atoms with van der Waals surface area (Å²) in [6.07, 6.45) is 0. The summed E-state index contributed by atoms with van der Waals surface area (Å²) < 4.78 is 15.7. The number of carboxylic acids is 1. The van der Waals surface area contributed by atoms with E-state index in [2.05, 4.69) is 0 Å². The Morgan fingerprint density at radius 1 is 1.20 bits per heavy atom. The van der Waals surface area contributed by atoms with Crippen LogP contribution in [0.4, 0.5) is 0 Å². The van der Waals surface area contributed by atoms with Gasteiger partial charge in [0.1, 0.15) is 0 Å². The fourth-order valence-corrected chi connectivity index (χ4v) is 2.08. The Hall–Kier alpha value is -2.97. The zero-order valence-corrected chi connectivity index (χ0v) is 14.6. The van der Waals surface area contributed by atoms with E-state index in [9.17, 15) is 14.4 Å². The number of carbonyl (C=O) groups excluding carboxylic acids is 2. The first kappa shape index (κ1) is 20.1. The first-order valence-corrected chi connectivity index (χ1v) is 7.36. The predicted molar refractivity (Wildman–Crippen MR) is 88.0 cm³/mol. The van der Waals surface area contributed by atoms with Gasteiger partial charge in [-0.2, -0.15) is 0 Å². The summed E-state index contributed by atoms with van der Waals surface area (Å²) in [5.74, 6) is -2.28. The summed E-state index contributed by atoms with van der Waals surface area (Å²) >= 11 is 0. The Morgan fingerprint density at radius 3 is 2.12 bits per heavy atom. The van der Waals surface area contributed by atoms with Gasteiger partial charge in [0.25, 0.3) is 11.8 Å². The molecule has 0 saturated heterocycles. The number of hydrogen-bond donors (Lipinski definition) is 2. The number of amides is 2. The third-order valence-corrected chi connectivity index (χ3v) is 3.38. The van der Waals surface area contributed by atoms with Crippen molar-refractivity contribution in [3.8, 4) is 17.2 Å². The van der Waals surface area contributed by atoms with Crippen LogP contribution in [-0.2, 0) is 9.59 Å². The Bertz CT molecular complexity index is 635. The van der Waals surface area contributed by atoms with Gasteiger partial charge in [-0.25, -0.2) is 0 Å². The lowest BCUT2D eigenvalue weighted by molar-refractivity contribution is -0.141. The molecular formula is C16H22N2O7. The monoisotopic (exact) mass is 354 g/mol. The minimum atomic E-state index is -0.995. The highest BCUT2D eigenvalue weighted by molar-refractivity contribution is 5.95. The van der Waals surface area contributed by atoms with Crippen LogP contribution in [0, 0.1) is 5.92 Å². The number of benzene rings is 1. The highest BCUT2D eigenvalue weighted by Gasteiger charge is 2.22. The molecule has 1 aromatic rings. The predicted octanol–water partition coefficient (Wildman–Crippen LogP) is 0.361. The van der Waals surface area contributed by atoms with Gasteiger partial charge in [0.2, 0.25) is 5.75 Å². The normalized spacial score (nSPS) is 11.4. The molecule has 0 aliphatic rings. The van der Waals surface area contributed by atoms with Gasteiger partial charge in [0.05, 0.1) is 20.1 Å². The molecular weight excluding hydrogens is 332 g/mol. The molecule has 0 spiro atoms. The summed E-state index contributed by atoms with van der Waals surface area (Å²) in [5, 5.41) is 8.96. The van der Waals surface area contributed by atoms with E-state index in [-0.39, 0.29) is 36.0 Å². The van der Waals surface area contributed by atoms with Crippen molar-refractivity contribution in [1.82, 2.24) is 4.90 Å². The van der Waals surface area contributed by atoms with Gasteiger partial charge in [0, 0.05) is 19.2 Å². The lowest BCUT2D eigenvalue weighted by Gasteiger charge is -2.21. The summed E-state index contributed by atoms with van der Waals surface area (Å²) in [6.45, 7) is 1.17. The van der Waals surface area contributed by atoms with Gasteiger partial charge in [-0.1, -0.05) is 6.92 Å². The average Bonchev–Trinajstić information content (AvgIpc) is 2.57. The van der Waals surface area contributed by atoms with E-state index in [1.807, 2.05) is 0 Å². The molecule has 0 aliphatic heterocycles. The van der Waals surface area contributed by atoms with Crippen LogP contribution in [0.2, 0.25) is 0 Å². The highest BCUT2D eigenvalue weighted by Crippen LogP contribution is 2.38. The van der Waals surface area contributed by atoms with Crippen LogP contribution in [0.1, 0.15) is 17.3 Å². The second-order valence-corrected chi connectivity index (χ2v) is 5.39. The Kier molecular flexibility index (Phi) is 7.04. The summed E-state index contributed by atoms with van der Waals surface area (Å²) in [4.78, 5) is 35.6. The average molecular weight is 354 g/mol. The molecule has 1 rings (SSSR count). The topological polar surface area (TPSA) is 128 Å². The highest BCUT2D eigenvalue weighted by atomic mass is 16.5. The number of carbonyl (C=O) groups is 3. The molecule has 3 N–H and O–H groups in total. The molecule has 1 atom stereocenters. The lowest BCUT2D eigenvalue weighted by Crippen LogP contribution is -2.33. The van der Waals surface area contributed by atoms with Gasteiger partial charge in [-0.3, -0.25) is 14.4 Å². The molecule has 0 aromatic heterocycles. The number of carboxylic acid groups (broad SMARTS) is 1. The van der Waals surface area contributed by atoms with Crippen LogP contribution in [0.5, 0.6) is 17.2 Å². The van der Waals surface area contributed by atoms with Crippen molar-refractivity contribution in [3.63, 3.8) is 0 Å². The van der Waals surface area contributed by atoms with E-state index in [1.54, 1.807) is 0 Å². The molecule has 25 heavy (non-hydrogen) atoms. The van der Waals surface area contributed by atoms with Crippen molar-refractivity contribution >= 4 is 17.8 Å². The number of methoxy groups -OCH3 is 2. The summed E-state index contributed by atoms with van der Waals surface area (Å²) in [5.41, 5.74) is 5.28. The maximum Gasteiger partial charge on any atom is 0.308 e. The largest absolute Gasteiger partial charge is 0.493 e. The molecule has 0 aliphatic carbocycles. The van der Waals surface area contributed by atoms with Crippen molar-refractivity contribution in [2.24, 2.45) is 11.7 Å². The SMILES string of the molecule is COc1cc(C(=O)N(C)CC(C)C(=O)O)cc(OC)c1OCC(N)=O. The zero-order chi connectivity index (χ0) is 19.1. The Labute approximate surface area is 145 Å². The smallest absolute Gasteiger partial charge is 0.308 e. The number of hydrogen-bond acceptors (Lipinski definition) is 6. The van der Waals surface area contributed by atoms with Crippen molar-refractivity contribution in [1.29, 1.82) is 0 Å². The molecule has 0 fully saturated rings. The minimum absolute atomic E-state index is 0.0404. The molecule has 0 heterocycles. The fraction of sp³-hybridized carbons (Fsp3) is 0.438. The molecule has 9 nitrogen and oxygen atoms in total. The zero-order valence-electron chi connectivity index (χ0n) is 14.6. The number of primary amides is 1. The molecule has 138 valence electrons. The number of rotatable bonds is 9. The second kappa shape index (κ2) is 8.76. The van der Waals surface area contributed by atoms with E-state index in [4.69, 9.17) is 25.1 Å². The van der Waals surface area contributed by atoms with Crippen molar-refractivity contribution < 1.29 is 33.7 Å². The molecule has 9 heteroatoms. The van der Waals surface area contributed by atoms with E-state index in [0.29, 0.717) is 0 Å². The van der Waals surface area contributed by atoms with Crippen LogP contribution in [-0.4, -0.2) is 62.2 Å². The van der Waals surface area contributed by atoms with Gasteiger partial charge in [0.15, 0.2) is 18.1 Å². The van der Waals surface area contributed by atoms with E-state index < -0.39 is 23.7 Å². The standard InChI is InChI=1S/C16H22N2O7/c1-9(16(21)22)7-18(2)15(20)10-5-11(23-3)14(12(6-10)24-4)25-8-13(17)19/h5-6,9H,7-8H2,1-4H3,(H2,17,19)(H,21,22). The summed E-state index contributed by atoms with van der Waals surface area (Å²) in [6, 6.07) is 2.84. The van der Waals surface area contributed by atoms with E-state index >= 15 is 0 Å². The lowest BCUT2D eigenvalue weighted by atomic mass is 10.1. The van der Waals surface area contributed by atoms with Gasteiger partial charge >= 0.3 is 5.97 Å². The first-order chi connectivity index (χ1) is 11.7. The third kappa shape index (κ3) is 5.27. The van der Waals surface area contributed by atoms with E-state index in [1.165, 1.54) is 45.2 Å². The van der Waals surface area contributed by atoms with Gasteiger partial charge in [-0.15, -0.1) is 0 Å². The molecule has 1 aromatic carbocycles. The number of nitrogens with two attached hydrogens (primary N) is 1. The Morgan fingerprint density at radius 2 is 1.72 bits per heavy atom. The fourth-order valence-electron chi connectivity index (χ4n) is 2.08. The summed E-state index contributed by atoms with van der Waals surface area (Å²) in [7, 11) is 4.24. The van der Waals surface area contributed by atoms with Crippen LogP contribution < -0.4 is 19.9 Å². The van der Waals surface area contributed by atoms with Crippen LogP contribution in [0.3, 0.4) is 0 Å². The molecule has 0 saturated carbocycles. The molecule has 2 amide bonds. The number of ether oxygens (including phenoxy) is 3. The molecule has 0 bridgehead atoms. The second-order valence-electron chi connectivity index (χ2n) is 5.39. The van der Waals surface area contributed by atoms with Crippen LogP contribution in [0.25, 0.3) is 0 Å². The maximum absolute atomic E-state index is 12.5. The maximum atomic E-state index is 12.5. The minimum Gasteiger partial charge on any atom is -0.493 e. The van der Waals surface area contributed by atoms with Crippen molar-refractivity contribution in [2.75, 3.05) is 34.4 Å². The van der Waals surface area contributed by atoms with Crippen molar-refractivity contribution in [2.45, 2.75) is 6.92 Å². The first-order valence-electron chi connectivity index (χ1n) is 7.36. The van der Waals surface area contributed by atoms with Crippen molar-refractivity contribution in [3.05, 3.63) is 17.7 Å². The van der Waals surface area contributed by atoms with Gasteiger partial charge < -0.3 is 30.0 Å². The van der Waals surface area contributed by atoms with Gasteiger partial charge in [-0.05, 0) is 12.1 Å². The van der Waals surface area contributed by atoms with Crippen LogP contribution >= 0.6 is 0 Å².